The van der Waals surface area contributed by atoms with E-state index in [1.165, 1.54) is 7.11 Å². The molecule has 1 aromatic carbocycles. The molecule has 1 unspecified atom stereocenters. The van der Waals surface area contributed by atoms with Gasteiger partial charge >= 0.3 is 5.97 Å². The lowest BCUT2D eigenvalue weighted by molar-refractivity contribution is -0.137. The monoisotopic (exact) mass is 350 g/mol. The molecule has 1 rings (SSSR count). The highest BCUT2D eigenvalue weighted by molar-refractivity contribution is 6.31. The Bertz CT molecular complexity index is 526. The van der Waals surface area contributed by atoms with E-state index in [1.54, 1.807) is 37.1 Å². The molecule has 8 heteroatoms. The Morgan fingerprint density at radius 3 is 2.64 bits per heavy atom. The van der Waals surface area contributed by atoms with Crippen molar-refractivity contribution >= 4 is 41.6 Å². The molecule has 0 aromatic heterocycles. The number of halogens is 2. The lowest BCUT2D eigenvalue weighted by Crippen LogP contribution is -2.40. The lowest BCUT2D eigenvalue weighted by Gasteiger charge is -2.23. The largest absolute Gasteiger partial charge is 0.495 e. The van der Waals surface area contributed by atoms with Crippen LogP contribution in [0.15, 0.2) is 18.2 Å². The molecular formula is C14H20Cl2N2O4. The van der Waals surface area contributed by atoms with Gasteiger partial charge in [0.2, 0.25) is 5.91 Å². The van der Waals surface area contributed by atoms with Crippen molar-refractivity contribution in [3.8, 4) is 5.75 Å². The molecule has 0 saturated carbocycles. The van der Waals surface area contributed by atoms with Crippen LogP contribution in [0.3, 0.4) is 0 Å². The topological polar surface area (TPSA) is 78.9 Å². The number of methoxy groups -OCH3 is 1. The van der Waals surface area contributed by atoms with E-state index >= 15 is 0 Å². The molecule has 0 fully saturated rings. The summed E-state index contributed by atoms with van der Waals surface area (Å²) in [5.74, 6) is -0.650. The first-order valence-corrected chi connectivity index (χ1v) is 6.79. The van der Waals surface area contributed by atoms with Crippen LogP contribution in [-0.2, 0) is 9.59 Å². The van der Waals surface area contributed by atoms with Gasteiger partial charge in [0.25, 0.3) is 0 Å². The Morgan fingerprint density at radius 2 is 2.09 bits per heavy atom. The third-order valence-corrected chi connectivity index (χ3v) is 3.37. The van der Waals surface area contributed by atoms with Crippen molar-refractivity contribution in [3.63, 3.8) is 0 Å². The number of hydrogen-bond donors (Lipinski definition) is 2. The molecule has 0 aliphatic rings. The summed E-state index contributed by atoms with van der Waals surface area (Å²) in [5, 5.41) is 11.9. The minimum atomic E-state index is -0.897. The second-order valence-corrected chi connectivity index (χ2v) is 5.07. The van der Waals surface area contributed by atoms with Crippen LogP contribution in [0.4, 0.5) is 5.69 Å². The van der Waals surface area contributed by atoms with Crippen LogP contribution >= 0.6 is 24.0 Å². The number of hydrogen-bond acceptors (Lipinski definition) is 4. The van der Waals surface area contributed by atoms with Crippen LogP contribution < -0.4 is 10.1 Å². The number of likely N-dealkylation sites (N-methyl/N-ethyl adjacent to an activating group) is 1. The normalized spacial score (nSPS) is 11.5. The zero-order valence-corrected chi connectivity index (χ0v) is 14.2. The zero-order chi connectivity index (χ0) is 16.0. The average Bonchev–Trinajstić information content (AvgIpc) is 2.44. The number of nitrogens with one attached hydrogen (secondary N) is 1. The van der Waals surface area contributed by atoms with Crippen molar-refractivity contribution in [1.82, 2.24) is 4.90 Å². The van der Waals surface area contributed by atoms with Gasteiger partial charge in [-0.3, -0.25) is 14.5 Å². The van der Waals surface area contributed by atoms with Gasteiger partial charge in [-0.15, -0.1) is 12.4 Å². The highest BCUT2D eigenvalue weighted by Crippen LogP contribution is 2.27. The summed E-state index contributed by atoms with van der Waals surface area (Å²) in [6.45, 7) is 1.99. The van der Waals surface area contributed by atoms with E-state index in [0.717, 1.165) is 0 Å². The van der Waals surface area contributed by atoms with Gasteiger partial charge in [-0.05, 0) is 32.2 Å². The van der Waals surface area contributed by atoms with Gasteiger partial charge in [-0.1, -0.05) is 11.6 Å². The maximum Gasteiger partial charge on any atom is 0.304 e. The Kier molecular flexibility index (Phi) is 8.86. The van der Waals surface area contributed by atoms with Gasteiger partial charge in [0.1, 0.15) is 5.75 Å². The summed E-state index contributed by atoms with van der Waals surface area (Å²) in [4.78, 5) is 24.4. The number of amides is 1. The van der Waals surface area contributed by atoms with Crippen LogP contribution in [-0.4, -0.2) is 48.6 Å². The fourth-order valence-electron chi connectivity index (χ4n) is 1.68. The van der Waals surface area contributed by atoms with Gasteiger partial charge in [0, 0.05) is 11.6 Å². The second kappa shape index (κ2) is 9.50. The zero-order valence-electron chi connectivity index (χ0n) is 12.6. The van der Waals surface area contributed by atoms with Gasteiger partial charge < -0.3 is 15.2 Å². The summed E-state index contributed by atoms with van der Waals surface area (Å²) in [6.07, 6.45) is -0.0192. The minimum absolute atomic E-state index is 0. The standard InChI is InChI=1S/C14H19ClN2O4.ClH/c1-9(17(2)7-6-13(18)19)14(20)16-11-8-10(15)4-5-12(11)21-3;/h4-5,8-9H,6-7H2,1-3H3,(H,16,20)(H,18,19);1H. The molecule has 0 bridgehead atoms. The quantitative estimate of drug-likeness (QED) is 0.789. The summed E-state index contributed by atoms with van der Waals surface area (Å²) in [7, 11) is 3.20. The van der Waals surface area contributed by atoms with Crippen molar-refractivity contribution in [2.75, 3.05) is 26.0 Å². The van der Waals surface area contributed by atoms with Crippen molar-refractivity contribution in [2.24, 2.45) is 0 Å². The molecule has 124 valence electrons. The molecule has 1 amide bonds. The molecule has 0 aliphatic heterocycles. The highest BCUT2D eigenvalue weighted by Gasteiger charge is 2.19. The van der Waals surface area contributed by atoms with Gasteiger partial charge in [0.15, 0.2) is 0 Å². The Morgan fingerprint density at radius 1 is 1.45 bits per heavy atom. The van der Waals surface area contributed by atoms with Crippen molar-refractivity contribution in [3.05, 3.63) is 23.2 Å². The molecule has 2 N–H and O–H groups in total. The Labute approximate surface area is 140 Å². The summed E-state index contributed by atoms with van der Waals surface area (Å²) in [6, 6.07) is 4.45. The molecule has 0 heterocycles. The van der Waals surface area contributed by atoms with Crippen molar-refractivity contribution < 1.29 is 19.4 Å². The highest BCUT2D eigenvalue weighted by atomic mass is 35.5. The molecule has 22 heavy (non-hydrogen) atoms. The third kappa shape index (κ3) is 6.09. The molecule has 0 saturated heterocycles. The number of aliphatic carboxylic acids is 1. The van der Waals surface area contributed by atoms with Gasteiger partial charge in [-0.2, -0.15) is 0 Å². The summed E-state index contributed by atoms with van der Waals surface area (Å²) >= 11 is 5.90. The van der Waals surface area contributed by atoms with Crippen LogP contribution in [0, 0.1) is 0 Å². The molecule has 6 nitrogen and oxygen atoms in total. The number of rotatable bonds is 7. The summed E-state index contributed by atoms with van der Waals surface area (Å²) in [5.41, 5.74) is 0.480. The number of carbonyl (C=O) groups excluding carboxylic acids is 1. The Hall–Kier alpha value is -1.50. The molecule has 1 aromatic rings. The maximum absolute atomic E-state index is 12.2. The van der Waals surface area contributed by atoms with E-state index in [9.17, 15) is 9.59 Å². The van der Waals surface area contributed by atoms with Crippen LogP contribution in [0.2, 0.25) is 5.02 Å². The average molecular weight is 351 g/mol. The van der Waals surface area contributed by atoms with Crippen LogP contribution in [0.5, 0.6) is 5.75 Å². The van der Waals surface area contributed by atoms with Gasteiger partial charge in [-0.25, -0.2) is 0 Å². The second-order valence-electron chi connectivity index (χ2n) is 4.63. The first-order chi connectivity index (χ1) is 9.85. The van der Waals surface area contributed by atoms with E-state index in [-0.39, 0.29) is 31.3 Å². The van der Waals surface area contributed by atoms with Crippen LogP contribution in [0.1, 0.15) is 13.3 Å². The predicted molar refractivity (Wildman–Crippen MR) is 88.2 cm³/mol. The number of anilines is 1. The SMILES string of the molecule is COc1ccc(Cl)cc1NC(=O)C(C)N(C)CCC(=O)O.Cl. The minimum Gasteiger partial charge on any atom is -0.495 e. The predicted octanol–water partition coefficient (Wildman–Crippen LogP) is 2.50. The lowest BCUT2D eigenvalue weighted by atomic mass is 10.2. The number of nitrogens with zero attached hydrogens (tertiary/aromatic N) is 1. The summed E-state index contributed by atoms with van der Waals surface area (Å²) < 4.78 is 5.16. The van der Waals surface area contributed by atoms with E-state index in [2.05, 4.69) is 5.32 Å². The first kappa shape index (κ1) is 20.5. The van der Waals surface area contributed by atoms with E-state index in [4.69, 9.17) is 21.4 Å². The van der Waals surface area contributed by atoms with E-state index in [1.807, 2.05) is 0 Å². The number of carboxylic acid groups (broad SMARTS) is 1. The number of carbonyl (C=O) groups is 2. The van der Waals surface area contributed by atoms with E-state index < -0.39 is 12.0 Å². The van der Waals surface area contributed by atoms with E-state index in [0.29, 0.717) is 16.5 Å². The number of carboxylic acids is 1. The molecule has 0 spiro atoms. The van der Waals surface area contributed by atoms with Crippen LogP contribution in [0.25, 0.3) is 0 Å². The fraction of sp³-hybridized carbons (Fsp3) is 0.429. The smallest absolute Gasteiger partial charge is 0.304 e. The Balaban J connectivity index is 0.00000441. The first-order valence-electron chi connectivity index (χ1n) is 6.41. The molecule has 1 atom stereocenters. The molecule has 0 radical (unpaired) electrons. The fourth-order valence-corrected chi connectivity index (χ4v) is 1.85. The van der Waals surface area contributed by atoms with Crippen molar-refractivity contribution in [2.45, 2.75) is 19.4 Å². The molecule has 0 aliphatic carbocycles. The molecular weight excluding hydrogens is 331 g/mol. The number of ether oxygens (including phenoxy) is 1. The van der Waals surface area contributed by atoms with Gasteiger partial charge in [0.05, 0.1) is 25.3 Å². The third-order valence-electron chi connectivity index (χ3n) is 3.14. The number of benzene rings is 1. The van der Waals surface area contributed by atoms with Crippen molar-refractivity contribution in [1.29, 1.82) is 0 Å². The maximum atomic E-state index is 12.2.